The first kappa shape index (κ1) is 37.4. The Balaban J connectivity index is 1.32. The lowest BCUT2D eigenvalue weighted by atomic mass is 10.0. The molecule has 0 saturated heterocycles. The Morgan fingerprint density at radius 3 is 2.02 bits per heavy atom. The number of nitrogens with one attached hydrogen (secondary N) is 2. The van der Waals surface area contributed by atoms with Gasteiger partial charge in [0.15, 0.2) is 18.1 Å². The number of methoxy groups -OCH3 is 2. The first-order chi connectivity index (χ1) is 25.1. The predicted molar refractivity (Wildman–Crippen MR) is 196 cm³/mol. The number of amides is 2. The van der Waals surface area contributed by atoms with Gasteiger partial charge in [-0.2, -0.15) is 0 Å². The summed E-state index contributed by atoms with van der Waals surface area (Å²) in [5, 5.41) is 3.03. The molecular weight excluding hydrogens is 686 g/mol. The highest BCUT2D eigenvalue weighted by molar-refractivity contribution is 7.92. The molecule has 0 aliphatic rings. The maximum absolute atomic E-state index is 14.0. The molecule has 0 saturated carbocycles. The molecule has 1 unspecified atom stereocenters. The second-order valence-corrected chi connectivity index (χ2v) is 13.5. The number of rotatable bonds is 17. The van der Waals surface area contributed by atoms with E-state index in [-0.39, 0.29) is 35.2 Å². The van der Waals surface area contributed by atoms with Gasteiger partial charge < -0.3 is 24.4 Å². The predicted octanol–water partition coefficient (Wildman–Crippen LogP) is 6.02. The highest BCUT2D eigenvalue weighted by Crippen LogP contribution is 2.28. The van der Waals surface area contributed by atoms with E-state index in [4.69, 9.17) is 14.2 Å². The zero-order valence-corrected chi connectivity index (χ0v) is 29.6. The van der Waals surface area contributed by atoms with Gasteiger partial charge in [0.05, 0.1) is 19.1 Å². The molecule has 1 atom stereocenters. The van der Waals surface area contributed by atoms with E-state index in [1.54, 1.807) is 14.2 Å². The summed E-state index contributed by atoms with van der Waals surface area (Å²) >= 11 is 0. The van der Waals surface area contributed by atoms with Gasteiger partial charge in [0, 0.05) is 25.2 Å². The lowest BCUT2D eigenvalue weighted by Crippen LogP contribution is -2.52. The molecule has 2 N–H and O–H groups in total. The van der Waals surface area contributed by atoms with Crippen molar-refractivity contribution in [2.45, 2.75) is 30.3 Å². The number of hydrogen-bond donors (Lipinski definition) is 2. The molecule has 0 spiro atoms. The number of benzene rings is 5. The van der Waals surface area contributed by atoms with Gasteiger partial charge in [0.25, 0.3) is 15.9 Å². The third kappa shape index (κ3) is 10.3. The van der Waals surface area contributed by atoms with Crippen molar-refractivity contribution >= 4 is 27.5 Å². The molecule has 52 heavy (non-hydrogen) atoms. The summed E-state index contributed by atoms with van der Waals surface area (Å²) in [4.78, 5) is 29.4. The number of hydrogen-bond acceptors (Lipinski definition) is 7. The van der Waals surface area contributed by atoms with Gasteiger partial charge in [-0.3, -0.25) is 14.3 Å². The minimum absolute atomic E-state index is 0.0473. The Kier molecular flexibility index (Phi) is 12.8. The molecule has 0 aliphatic carbocycles. The standard InChI is InChI=1S/C40H40FN3O7S/c1-49-37-22-13-30(26-38(37)50-2)23-24-42-40(46)36(25-29-9-5-3-6-10-29)44(27-31-11-7-4-8-12-31)39(45)28-51-34-18-20-35(21-19-34)52(47,48)43-33-16-14-32(41)15-17-33/h3-22,26,36,43H,23-25,27-28H2,1-2H3,(H,42,46). The van der Waals surface area contributed by atoms with E-state index in [0.29, 0.717) is 24.5 Å². The van der Waals surface area contributed by atoms with Crippen LogP contribution in [-0.2, 0) is 39.0 Å². The Labute approximate surface area is 303 Å². The van der Waals surface area contributed by atoms with Crippen molar-refractivity contribution < 1.29 is 36.6 Å². The zero-order chi connectivity index (χ0) is 36.9. The van der Waals surface area contributed by atoms with Gasteiger partial charge in [-0.05, 0) is 83.8 Å². The highest BCUT2D eigenvalue weighted by atomic mass is 32.2. The summed E-state index contributed by atoms with van der Waals surface area (Å²) in [6.45, 7) is 0.0571. The van der Waals surface area contributed by atoms with E-state index in [2.05, 4.69) is 10.0 Å². The van der Waals surface area contributed by atoms with Crippen LogP contribution in [0.25, 0.3) is 0 Å². The summed E-state index contributed by atoms with van der Waals surface area (Å²) < 4.78 is 58.0. The van der Waals surface area contributed by atoms with Crippen molar-refractivity contribution in [3.05, 3.63) is 150 Å². The normalized spacial score (nSPS) is 11.6. The van der Waals surface area contributed by atoms with Gasteiger partial charge in [-0.1, -0.05) is 66.7 Å². The molecule has 0 aliphatic heterocycles. The lowest BCUT2D eigenvalue weighted by molar-refractivity contribution is -0.142. The molecule has 0 heterocycles. The van der Waals surface area contributed by atoms with Crippen LogP contribution in [0.15, 0.2) is 132 Å². The fourth-order valence-corrected chi connectivity index (χ4v) is 6.55. The SMILES string of the molecule is COc1ccc(CCNC(=O)C(Cc2ccccc2)N(Cc2ccccc2)C(=O)COc2ccc(S(=O)(=O)Nc3ccc(F)cc3)cc2)cc1OC. The van der Waals surface area contributed by atoms with Gasteiger partial charge in [-0.25, -0.2) is 12.8 Å². The topological polar surface area (TPSA) is 123 Å². The zero-order valence-electron chi connectivity index (χ0n) is 28.8. The van der Waals surface area contributed by atoms with Crippen LogP contribution in [-0.4, -0.2) is 58.5 Å². The summed E-state index contributed by atoms with van der Waals surface area (Å²) in [5.41, 5.74) is 2.85. The molecule has 2 amide bonds. The molecule has 0 radical (unpaired) electrons. The van der Waals surface area contributed by atoms with Crippen LogP contribution in [0.1, 0.15) is 16.7 Å². The summed E-state index contributed by atoms with van der Waals surface area (Å²) in [5.74, 6) is 0.208. The van der Waals surface area contributed by atoms with Crippen molar-refractivity contribution in [3.63, 3.8) is 0 Å². The maximum atomic E-state index is 14.0. The van der Waals surface area contributed by atoms with Crippen LogP contribution >= 0.6 is 0 Å². The van der Waals surface area contributed by atoms with Crippen molar-refractivity contribution in [3.8, 4) is 17.2 Å². The first-order valence-electron chi connectivity index (χ1n) is 16.5. The van der Waals surface area contributed by atoms with Gasteiger partial charge in [0.2, 0.25) is 5.91 Å². The minimum atomic E-state index is -3.96. The Hall–Kier alpha value is -5.88. The fraction of sp³-hybridized carbons (Fsp3) is 0.200. The summed E-state index contributed by atoms with van der Waals surface area (Å²) in [7, 11) is -0.833. The first-order valence-corrected chi connectivity index (χ1v) is 18.0. The van der Waals surface area contributed by atoms with Gasteiger partial charge >= 0.3 is 0 Å². The minimum Gasteiger partial charge on any atom is -0.493 e. The van der Waals surface area contributed by atoms with E-state index in [1.165, 1.54) is 41.3 Å². The van der Waals surface area contributed by atoms with E-state index in [0.717, 1.165) is 28.8 Å². The number of nitrogens with zero attached hydrogens (tertiary/aromatic N) is 1. The molecule has 5 rings (SSSR count). The summed E-state index contributed by atoms with van der Waals surface area (Å²) in [6.07, 6.45) is 0.778. The van der Waals surface area contributed by atoms with Crippen molar-refractivity contribution in [2.75, 3.05) is 32.1 Å². The van der Waals surface area contributed by atoms with Crippen molar-refractivity contribution in [2.24, 2.45) is 0 Å². The van der Waals surface area contributed by atoms with Crippen LogP contribution in [0.3, 0.4) is 0 Å². The Morgan fingerprint density at radius 1 is 0.750 bits per heavy atom. The van der Waals surface area contributed by atoms with Crippen LogP contribution in [0.5, 0.6) is 17.2 Å². The second kappa shape index (κ2) is 17.9. The van der Waals surface area contributed by atoms with E-state index in [1.807, 2.05) is 78.9 Å². The average Bonchev–Trinajstić information content (AvgIpc) is 3.17. The monoisotopic (exact) mass is 725 g/mol. The largest absolute Gasteiger partial charge is 0.493 e. The smallest absolute Gasteiger partial charge is 0.261 e. The third-order valence-electron chi connectivity index (χ3n) is 8.22. The van der Waals surface area contributed by atoms with Crippen molar-refractivity contribution in [1.82, 2.24) is 10.2 Å². The van der Waals surface area contributed by atoms with Crippen LogP contribution < -0.4 is 24.2 Å². The summed E-state index contributed by atoms with van der Waals surface area (Å²) in [6, 6.07) is 34.1. The number of anilines is 1. The fourth-order valence-electron chi connectivity index (χ4n) is 5.49. The third-order valence-corrected chi connectivity index (χ3v) is 9.62. The number of carbonyl (C=O) groups excluding carboxylic acids is 2. The number of halogens is 1. The molecule has 5 aromatic carbocycles. The molecule has 10 nitrogen and oxygen atoms in total. The number of carbonyl (C=O) groups is 2. The van der Waals surface area contributed by atoms with Crippen LogP contribution in [0, 0.1) is 5.82 Å². The molecule has 0 bridgehead atoms. The number of ether oxygens (including phenoxy) is 3. The molecule has 12 heteroatoms. The maximum Gasteiger partial charge on any atom is 0.261 e. The quantitative estimate of drug-likeness (QED) is 0.120. The van der Waals surface area contributed by atoms with E-state index < -0.39 is 34.4 Å². The molecule has 0 fully saturated rings. The Bertz CT molecular complexity index is 2030. The molecular formula is C40H40FN3O7S. The molecule has 270 valence electrons. The highest BCUT2D eigenvalue weighted by Gasteiger charge is 2.30. The number of sulfonamides is 1. The average molecular weight is 726 g/mol. The van der Waals surface area contributed by atoms with E-state index >= 15 is 0 Å². The Morgan fingerprint density at radius 2 is 1.38 bits per heavy atom. The van der Waals surface area contributed by atoms with Gasteiger partial charge in [0.1, 0.15) is 17.6 Å². The van der Waals surface area contributed by atoms with Crippen LogP contribution in [0.4, 0.5) is 10.1 Å². The second-order valence-electron chi connectivity index (χ2n) is 11.8. The van der Waals surface area contributed by atoms with E-state index in [9.17, 15) is 22.4 Å². The molecule has 0 aromatic heterocycles. The molecule has 5 aromatic rings. The lowest BCUT2D eigenvalue weighted by Gasteiger charge is -2.31. The van der Waals surface area contributed by atoms with Crippen LogP contribution in [0.2, 0.25) is 0 Å². The van der Waals surface area contributed by atoms with Gasteiger partial charge in [-0.15, -0.1) is 0 Å². The van der Waals surface area contributed by atoms with Crippen molar-refractivity contribution in [1.29, 1.82) is 0 Å².